The molecule has 0 spiro atoms. The molecule has 0 radical (unpaired) electrons. The predicted molar refractivity (Wildman–Crippen MR) is 62.2 cm³/mol. The summed E-state index contributed by atoms with van der Waals surface area (Å²) in [5, 5.41) is 3.31. The Bertz CT molecular complexity index is 406. The molecular weight excluding hydrogens is 202 g/mol. The van der Waals surface area contributed by atoms with E-state index in [-0.39, 0.29) is 0 Å². The van der Waals surface area contributed by atoms with Gasteiger partial charge in [-0.2, -0.15) is 0 Å². The summed E-state index contributed by atoms with van der Waals surface area (Å²) in [6.45, 7) is 1.57. The summed E-state index contributed by atoms with van der Waals surface area (Å²) in [4.78, 5) is 0. The van der Waals surface area contributed by atoms with Gasteiger partial charge >= 0.3 is 0 Å². The van der Waals surface area contributed by atoms with Gasteiger partial charge in [0.2, 0.25) is 0 Å². The fourth-order valence-electron chi connectivity index (χ4n) is 1.49. The molecule has 0 saturated heterocycles. The summed E-state index contributed by atoms with van der Waals surface area (Å²) >= 11 is 0. The Labute approximate surface area is 95.0 Å². The van der Waals surface area contributed by atoms with Crippen molar-refractivity contribution in [2.75, 3.05) is 7.11 Å². The quantitative estimate of drug-likeness (QED) is 0.835. The van der Waals surface area contributed by atoms with Crippen LogP contribution in [0.3, 0.4) is 0 Å². The summed E-state index contributed by atoms with van der Waals surface area (Å²) in [5.74, 6) is 1.84. The maximum Gasteiger partial charge on any atom is 0.118 e. The average Bonchev–Trinajstić information content (AvgIpc) is 2.83. The lowest BCUT2D eigenvalue weighted by Crippen LogP contribution is -2.11. The highest BCUT2D eigenvalue weighted by Gasteiger charge is 1.96. The van der Waals surface area contributed by atoms with E-state index in [1.807, 2.05) is 36.4 Å². The first kappa shape index (κ1) is 10.8. The van der Waals surface area contributed by atoms with Crippen molar-refractivity contribution in [2.24, 2.45) is 0 Å². The van der Waals surface area contributed by atoms with Crippen LogP contribution < -0.4 is 10.1 Å². The minimum atomic E-state index is 0.749. The number of furan rings is 1. The number of nitrogens with one attached hydrogen (secondary N) is 1. The predicted octanol–water partition coefficient (Wildman–Crippen LogP) is 2.58. The Morgan fingerprint density at radius 2 is 1.94 bits per heavy atom. The molecule has 16 heavy (non-hydrogen) atoms. The van der Waals surface area contributed by atoms with E-state index in [1.54, 1.807) is 13.4 Å². The Hall–Kier alpha value is -1.74. The molecule has 1 aromatic heterocycles. The Morgan fingerprint density at radius 1 is 1.12 bits per heavy atom. The van der Waals surface area contributed by atoms with Crippen molar-refractivity contribution in [3.8, 4) is 5.75 Å². The van der Waals surface area contributed by atoms with Crippen molar-refractivity contribution in [3.63, 3.8) is 0 Å². The van der Waals surface area contributed by atoms with Crippen LogP contribution >= 0.6 is 0 Å². The highest BCUT2D eigenvalue weighted by atomic mass is 16.5. The second-order valence-electron chi connectivity index (χ2n) is 3.53. The van der Waals surface area contributed by atoms with E-state index in [9.17, 15) is 0 Å². The van der Waals surface area contributed by atoms with E-state index >= 15 is 0 Å². The van der Waals surface area contributed by atoms with Gasteiger partial charge in [-0.25, -0.2) is 0 Å². The van der Waals surface area contributed by atoms with Gasteiger partial charge in [-0.15, -0.1) is 0 Å². The molecule has 84 valence electrons. The monoisotopic (exact) mass is 217 g/mol. The number of hydrogen-bond donors (Lipinski definition) is 1. The molecular formula is C13H15NO2. The lowest BCUT2D eigenvalue weighted by Gasteiger charge is -2.04. The lowest BCUT2D eigenvalue weighted by atomic mass is 10.2. The summed E-state index contributed by atoms with van der Waals surface area (Å²) in [6, 6.07) is 11.9. The molecule has 2 aromatic rings. The van der Waals surface area contributed by atoms with Crippen LogP contribution in [0.25, 0.3) is 0 Å². The fourth-order valence-corrected chi connectivity index (χ4v) is 1.49. The van der Waals surface area contributed by atoms with Crippen molar-refractivity contribution >= 4 is 0 Å². The highest BCUT2D eigenvalue weighted by molar-refractivity contribution is 5.27. The Morgan fingerprint density at radius 3 is 2.56 bits per heavy atom. The minimum absolute atomic E-state index is 0.749. The van der Waals surface area contributed by atoms with Gasteiger partial charge in [-0.3, -0.25) is 0 Å². The summed E-state index contributed by atoms with van der Waals surface area (Å²) in [5.41, 5.74) is 1.23. The number of rotatable bonds is 5. The second-order valence-corrected chi connectivity index (χ2v) is 3.53. The third-order valence-corrected chi connectivity index (χ3v) is 2.37. The molecule has 0 aliphatic heterocycles. The molecule has 2 rings (SSSR count). The van der Waals surface area contributed by atoms with Gasteiger partial charge in [0.25, 0.3) is 0 Å². The Balaban J connectivity index is 1.81. The van der Waals surface area contributed by atoms with Gasteiger partial charge in [0, 0.05) is 6.54 Å². The van der Waals surface area contributed by atoms with Crippen molar-refractivity contribution in [1.82, 2.24) is 5.32 Å². The van der Waals surface area contributed by atoms with Crippen molar-refractivity contribution in [2.45, 2.75) is 13.1 Å². The van der Waals surface area contributed by atoms with Crippen LogP contribution in [0.5, 0.6) is 5.75 Å². The first-order valence-electron chi connectivity index (χ1n) is 5.24. The standard InChI is InChI=1S/C13H15NO2/c1-15-12-6-4-11(5-7-12)9-14-10-13-3-2-8-16-13/h2-8,14H,9-10H2,1H3. The molecule has 0 aliphatic carbocycles. The second kappa shape index (κ2) is 5.37. The maximum absolute atomic E-state index is 5.23. The Kier molecular flexibility index (Phi) is 3.62. The van der Waals surface area contributed by atoms with Crippen LogP contribution in [0.4, 0.5) is 0 Å². The molecule has 0 aliphatic rings. The smallest absolute Gasteiger partial charge is 0.118 e. The zero-order valence-corrected chi connectivity index (χ0v) is 9.27. The van der Waals surface area contributed by atoms with E-state index < -0.39 is 0 Å². The molecule has 3 heteroatoms. The first-order chi connectivity index (χ1) is 7.88. The fraction of sp³-hybridized carbons (Fsp3) is 0.231. The molecule has 0 bridgehead atoms. The van der Waals surface area contributed by atoms with E-state index in [4.69, 9.17) is 9.15 Å². The van der Waals surface area contributed by atoms with Crippen molar-refractivity contribution in [1.29, 1.82) is 0 Å². The van der Waals surface area contributed by atoms with Gasteiger partial charge in [0.05, 0.1) is 19.9 Å². The maximum atomic E-state index is 5.23. The summed E-state index contributed by atoms with van der Waals surface area (Å²) in [7, 11) is 1.67. The number of ether oxygens (including phenoxy) is 1. The molecule has 0 amide bonds. The van der Waals surface area contributed by atoms with E-state index in [0.717, 1.165) is 24.6 Å². The summed E-state index contributed by atoms with van der Waals surface area (Å²) in [6.07, 6.45) is 1.68. The molecule has 0 unspecified atom stereocenters. The van der Waals surface area contributed by atoms with Crippen LogP contribution in [0, 0.1) is 0 Å². The zero-order valence-electron chi connectivity index (χ0n) is 9.27. The van der Waals surface area contributed by atoms with Crippen molar-refractivity contribution in [3.05, 3.63) is 54.0 Å². The van der Waals surface area contributed by atoms with Gasteiger partial charge in [-0.1, -0.05) is 12.1 Å². The molecule has 1 aromatic carbocycles. The zero-order chi connectivity index (χ0) is 11.2. The summed E-state index contributed by atoms with van der Waals surface area (Å²) < 4.78 is 10.3. The number of hydrogen-bond acceptors (Lipinski definition) is 3. The van der Waals surface area contributed by atoms with Gasteiger partial charge in [0.1, 0.15) is 11.5 Å². The third kappa shape index (κ3) is 2.87. The van der Waals surface area contributed by atoms with Gasteiger partial charge in [-0.05, 0) is 29.8 Å². The molecule has 0 atom stereocenters. The minimum Gasteiger partial charge on any atom is -0.497 e. The van der Waals surface area contributed by atoms with Crippen LogP contribution in [0.1, 0.15) is 11.3 Å². The molecule has 0 fully saturated rings. The van der Waals surface area contributed by atoms with E-state index in [0.29, 0.717) is 0 Å². The molecule has 1 N–H and O–H groups in total. The van der Waals surface area contributed by atoms with Gasteiger partial charge < -0.3 is 14.5 Å². The van der Waals surface area contributed by atoms with Crippen LogP contribution in [0.2, 0.25) is 0 Å². The molecule has 1 heterocycles. The van der Waals surface area contributed by atoms with Crippen LogP contribution in [0.15, 0.2) is 47.1 Å². The van der Waals surface area contributed by atoms with Gasteiger partial charge in [0.15, 0.2) is 0 Å². The third-order valence-electron chi connectivity index (χ3n) is 2.37. The number of methoxy groups -OCH3 is 1. The normalized spacial score (nSPS) is 10.3. The molecule has 3 nitrogen and oxygen atoms in total. The van der Waals surface area contributed by atoms with E-state index in [1.165, 1.54) is 5.56 Å². The SMILES string of the molecule is COc1ccc(CNCc2ccco2)cc1. The van der Waals surface area contributed by atoms with Crippen LogP contribution in [-0.4, -0.2) is 7.11 Å². The van der Waals surface area contributed by atoms with E-state index in [2.05, 4.69) is 5.32 Å². The highest BCUT2D eigenvalue weighted by Crippen LogP contribution is 2.11. The van der Waals surface area contributed by atoms with Crippen LogP contribution in [-0.2, 0) is 13.1 Å². The lowest BCUT2D eigenvalue weighted by molar-refractivity contribution is 0.414. The van der Waals surface area contributed by atoms with Crippen molar-refractivity contribution < 1.29 is 9.15 Å². The number of benzene rings is 1. The topological polar surface area (TPSA) is 34.4 Å². The molecule has 0 saturated carbocycles. The first-order valence-corrected chi connectivity index (χ1v) is 5.24. The average molecular weight is 217 g/mol. The largest absolute Gasteiger partial charge is 0.497 e.